The Hall–Kier alpha value is -0.500. The Morgan fingerprint density at radius 2 is 2.36 bits per heavy atom. The molecule has 1 aliphatic rings. The number of fused-ring (bicyclic) bond motifs is 1. The van der Waals surface area contributed by atoms with Crippen molar-refractivity contribution in [2.75, 3.05) is 0 Å². The van der Waals surface area contributed by atoms with E-state index in [9.17, 15) is 0 Å². The minimum atomic E-state index is 0.555. The first-order chi connectivity index (χ1) is 6.77. The smallest absolute Gasteiger partial charge is 0.108 e. The molecule has 1 atom stereocenters. The lowest BCUT2D eigenvalue weighted by molar-refractivity contribution is 0.462. The van der Waals surface area contributed by atoms with E-state index in [0.29, 0.717) is 11.8 Å². The number of halogens is 1. The number of aryl methyl sites for hydroxylation is 1. The minimum absolute atomic E-state index is 0.555. The molecule has 78 valence electrons. The molecule has 0 bridgehead atoms. The average Bonchev–Trinajstić information content (AvgIpc) is 2.57. The standard InChI is InChI=1S/C11H17ClN2/c1-3-10-13-9(7-12)11-8(2)5-4-6-14(10)11/h8H,3-7H2,1-2H3. The van der Waals surface area contributed by atoms with Gasteiger partial charge in [0.05, 0.1) is 11.6 Å². The Kier molecular flexibility index (Phi) is 2.82. The van der Waals surface area contributed by atoms with Crippen molar-refractivity contribution in [3.63, 3.8) is 0 Å². The van der Waals surface area contributed by atoms with Gasteiger partial charge in [0.25, 0.3) is 0 Å². The van der Waals surface area contributed by atoms with E-state index in [1.807, 2.05) is 0 Å². The quantitative estimate of drug-likeness (QED) is 0.689. The summed E-state index contributed by atoms with van der Waals surface area (Å²) in [6, 6.07) is 0. The van der Waals surface area contributed by atoms with Crippen molar-refractivity contribution in [1.29, 1.82) is 0 Å². The molecule has 0 aromatic carbocycles. The fourth-order valence-electron chi connectivity index (χ4n) is 2.43. The maximum Gasteiger partial charge on any atom is 0.108 e. The van der Waals surface area contributed by atoms with Crippen LogP contribution in [0.25, 0.3) is 0 Å². The predicted molar refractivity (Wildman–Crippen MR) is 58.8 cm³/mol. The topological polar surface area (TPSA) is 17.8 Å². The molecule has 0 radical (unpaired) electrons. The van der Waals surface area contributed by atoms with E-state index in [2.05, 4.69) is 23.4 Å². The highest BCUT2D eigenvalue weighted by atomic mass is 35.5. The zero-order valence-electron chi connectivity index (χ0n) is 8.89. The number of rotatable bonds is 2. The lowest BCUT2D eigenvalue weighted by atomic mass is 9.97. The van der Waals surface area contributed by atoms with Gasteiger partial charge in [0.2, 0.25) is 0 Å². The molecule has 0 fully saturated rings. The molecule has 0 amide bonds. The molecule has 0 spiro atoms. The van der Waals surface area contributed by atoms with E-state index < -0.39 is 0 Å². The van der Waals surface area contributed by atoms with E-state index >= 15 is 0 Å². The summed E-state index contributed by atoms with van der Waals surface area (Å²) in [5.74, 6) is 2.40. The summed E-state index contributed by atoms with van der Waals surface area (Å²) in [7, 11) is 0. The highest BCUT2D eigenvalue weighted by Crippen LogP contribution is 2.31. The molecule has 14 heavy (non-hydrogen) atoms. The number of aromatic nitrogens is 2. The lowest BCUT2D eigenvalue weighted by Crippen LogP contribution is -2.16. The SMILES string of the molecule is CCc1nc(CCl)c2n1CCCC2C. The molecule has 3 heteroatoms. The van der Waals surface area contributed by atoms with Crippen LogP contribution < -0.4 is 0 Å². The Balaban J connectivity index is 2.50. The Morgan fingerprint density at radius 1 is 1.57 bits per heavy atom. The van der Waals surface area contributed by atoms with Crippen LogP contribution in [0.15, 0.2) is 0 Å². The minimum Gasteiger partial charge on any atom is -0.331 e. The highest BCUT2D eigenvalue weighted by Gasteiger charge is 2.23. The maximum atomic E-state index is 5.92. The van der Waals surface area contributed by atoms with Gasteiger partial charge in [0.15, 0.2) is 0 Å². The maximum absolute atomic E-state index is 5.92. The van der Waals surface area contributed by atoms with E-state index in [1.54, 1.807) is 0 Å². The van der Waals surface area contributed by atoms with Gasteiger partial charge in [0, 0.05) is 18.7 Å². The summed E-state index contributed by atoms with van der Waals surface area (Å²) >= 11 is 5.92. The Bertz CT molecular complexity index is 330. The van der Waals surface area contributed by atoms with Crippen molar-refractivity contribution in [3.05, 3.63) is 17.2 Å². The summed E-state index contributed by atoms with van der Waals surface area (Å²) < 4.78 is 2.38. The van der Waals surface area contributed by atoms with Gasteiger partial charge in [-0.3, -0.25) is 0 Å². The molecule has 1 unspecified atom stereocenters. The second-order valence-electron chi connectivity index (χ2n) is 4.04. The van der Waals surface area contributed by atoms with Crippen molar-refractivity contribution in [3.8, 4) is 0 Å². The molecule has 0 N–H and O–H groups in total. The van der Waals surface area contributed by atoms with E-state index in [4.69, 9.17) is 11.6 Å². The largest absolute Gasteiger partial charge is 0.331 e. The summed E-state index contributed by atoms with van der Waals surface area (Å²) in [4.78, 5) is 4.61. The number of alkyl halides is 1. The molecular formula is C11H17ClN2. The zero-order valence-corrected chi connectivity index (χ0v) is 9.64. The van der Waals surface area contributed by atoms with Crippen LogP contribution in [0, 0.1) is 0 Å². The molecule has 0 saturated carbocycles. The van der Waals surface area contributed by atoms with Crippen LogP contribution in [0.4, 0.5) is 0 Å². The summed E-state index contributed by atoms with van der Waals surface area (Å²) in [5.41, 5.74) is 2.50. The molecule has 0 saturated heterocycles. The van der Waals surface area contributed by atoms with Crippen LogP contribution in [0.5, 0.6) is 0 Å². The van der Waals surface area contributed by atoms with Crippen molar-refractivity contribution in [2.45, 2.75) is 51.5 Å². The van der Waals surface area contributed by atoms with Crippen molar-refractivity contribution in [2.24, 2.45) is 0 Å². The third kappa shape index (κ3) is 1.46. The van der Waals surface area contributed by atoms with Crippen LogP contribution in [-0.4, -0.2) is 9.55 Å². The number of imidazole rings is 1. The van der Waals surface area contributed by atoms with Gasteiger partial charge in [-0.05, 0) is 18.8 Å². The van der Waals surface area contributed by atoms with Crippen molar-refractivity contribution in [1.82, 2.24) is 9.55 Å². The second-order valence-corrected chi connectivity index (χ2v) is 4.31. The molecule has 1 aromatic heterocycles. The van der Waals surface area contributed by atoms with Gasteiger partial charge < -0.3 is 4.57 Å². The van der Waals surface area contributed by atoms with Crippen LogP contribution in [-0.2, 0) is 18.8 Å². The van der Waals surface area contributed by atoms with Crippen LogP contribution >= 0.6 is 11.6 Å². The first-order valence-corrected chi connectivity index (χ1v) is 5.95. The van der Waals surface area contributed by atoms with Crippen LogP contribution in [0.1, 0.15) is 49.8 Å². The van der Waals surface area contributed by atoms with Crippen molar-refractivity contribution >= 4 is 11.6 Å². The van der Waals surface area contributed by atoms with E-state index in [1.165, 1.54) is 24.4 Å². The van der Waals surface area contributed by atoms with Gasteiger partial charge in [-0.2, -0.15) is 0 Å². The van der Waals surface area contributed by atoms with Crippen LogP contribution in [0.2, 0.25) is 0 Å². The third-order valence-corrected chi connectivity index (χ3v) is 3.34. The van der Waals surface area contributed by atoms with Gasteiger partial charge in [-0.15, -0.1) is 11.6 Å². The molecular weight excluding hydrogens is 196 g/mol. The molecule has 1 aromatic rings. The fourth-order valence-corrected chi connectivity index (χ4v) is 2.63. The molecule has 2 nitrogen and oxygen atoms in total. The summed E-state index contributed by atoms with van der Waals surface area (Å²) in [5, 5.41) is 0. The van der Waals surface area contributed by atoms with Crippen molar-refractivity contribution < 1.29 is 0 Å². The average molecular weight is 213 g/mol. The van der Waals surface area contributed by atoms with E-state index in [-0.39, 0.29) is 0 Å². The Labute approximate surface area is 90.3 Å². The zero-order chi connectivity index (χ0) is 10.1. The fraction of sp³-hybridized carbons (Fsp3) is 0.727. The third-order valence-electron chi connectivity index (χ3n) is 3.09. The predicted octanol–water partition coefficient (Wildman–Crippen LogP) is 3.08. The second kappa shape index (κ2) is 3.93. The normalized spacial score (nSPS) is 20.9. The highest BCUT2D eigenvalue weighted by molar-refractivity contribution is 6.17. The first kappa shape index (κ1) is 10.0. The number of nitrogens with zero attached hydrogens (tertiary/aromatic N) is 2. The summed E-state index contributed by atoms with van der Waals surface area (Å²) in [6.45, 7) is 5.57. The van der Waals surface area contributed by atoms with Gasteiger partial charge in [0.1, 0.15) is 5.82 Å². The lowest BCUT2D eigenvalue weighted by Gasteiger charge is -2.22. The molecule has 1 aliphatic heterocycles. The molecule has 0 aliphatic carbocycles. The molecule has 2 heterocycles. The van der Waals surface area contributed by atoms with E-state index in [0.717, 1.165) is 18.7 Å². The first-order valence-electron chi connectivity index (χ1n) is 5.42. The number of hydrogen-bond donors (Lipinski definition) is 0. The van der Waals surface area contributed by atoms with Gasteiger partial charge in [-0.1, -0.05) is 13.8 Å². The van der Waals surface area contributed by atoms with Crippen LogP contribution in [0.3, 0.4) is 0 Å². The summed E-state index contributed by atoms with van der Waals surface area (Å²) in [6.07, 6.45) is 3.56. The number of hydrogen-bond acceptors (Lipinski definition) is 1. The Morgan fingerprint density at radius 3 is 3.00 bits per heavy atom. The van der Waals surface area contributed by atoms with Gasteiger partial charge >= 0.3 is 0 Å². The molecule has 2 rings (SSSR count). The van der Waals surface area contributed by atoms with Gasteiger partial charge in [-0.25, -0.2) is 4.98 Å². The monoisotopic (exact) mass is 212 g/mol.